The maximum absolute atomic E-state index is 2.61. The van der Waals surface area contributed by atoms with E-state index in [4.69, 9.17) is 0 Å². The second-order valence-electron chi connectivity index (χ2n) is 3.42. The number of hydrogen-bond acceptors (Lipinski definition) is 2. The summed E-state index contributed by atoms with van der Waals surface area (Å²) in [4.78, 5) is 5.15. The maximum atomic E-state index is 2.61. The van der Waals surface area contributed by atoms with Gasteiger partial charge < -0.3 is 0 Å². The second-order valence-corrected chi connectivity index (χ2v) is 3.42. The lowest BCUT2D eigenvalue weighted by molar-refractivity contribution is 0.260. The van der Waals surface area contributed by atoms with E-state index in [2.05, 4.69) is 16.7 Å². The van der Waals surface area contributed by atoms with E-state index in [1.807, 2.05) is 0 Å². The van der Waals surface area contributed by atoms with Gasteiger partial charge >= 0.3 is 0 Å². The summed E-state index contributed by atoms with van der Waals surface area (Å²) < 4.78 is 0. The van der Waals surface area contributed by atoms with Crippen LogP contribution >= 0.6 is 0 Å². The van der Waals surface area contributed by atoms with Crippen molar-refractivity contribution in [1.82, 2.24) is 9.80 Å². The Hall–Kier alpha value is -0.0800. The van der Waals surface area contributed by atoms with Gasteiger partial charge in [0, 0.05) is 12.6 Å². The van der Waals surface area contributed by atoms with Gasteiger partial charge in [-0.15, -0.1) is 0 Å². The SMILES string of the molecule is CCN1CC2CCCN2C1. The molecule has 0 aliphatic carbocycles. The highest BCUT2D eigenvalue weighted by Crippen LogP contribution is 2.23. The van der Waals surface area contributed by atoms with Crippen LogP contribution in [-0.4, -0.2) is 42.1 Å². The van der Waals surface area contributed by atoms with Crippen LogP contribution in [0.2, 0.25) is 0 Å². The number of hydrogen-bond donors (Lipinski definition) is 0. The first-order valence-corrected chi connectivity index (χ1v) is 4.36. The Morgan fingerprint density at radius 2 is 2.40 bits per heavy atom. The summed E-state index contributed by atoms with van der Waals surface area (Å²) in [6.07, 6.45) is 2.87. The standard InChI is InChI=1S/C8H16N2/c1-2-9-6-8-4-3-5-10(8)7-9/h8H,2-7H2,1H3. The van der Waals surface area contributed by atoms with Crippen molar-refractivity contribution >= 4 is 0 Å². The normalized spacial score (nSPS) is 35.1. The summed E-state index contributed by atoms with van der Waals surface area (Å²) in [5, 5.41) is 0. The van der Waals surface area contributed by atoms with Gasteiger partial charge in [-0.05, 0) is 25.9 Å². The van der Waals surface area contributed by atoms with Crippen LogP contribution in [0.5, 0.6) is 0 Å². The monoisotopic (exact) mass is 140 g/mol. The molecule has 0 saturated carbocycles. The van der Waals surface area contributed by atoms with Gasteiger partial charge in [-0.2, -0.15) is 0 Å². The van der Waals surface area contributed by atoms with Crippen molar-refractivity contribution in [3.63, 3.8) is 0 Å². The van der Waals surface area contributed by atoms with Crippen molar-refractivity contribution in [2.45, 2.75) is 25.8 Å². The van der Waals surface area contributed by atoms with Gasteiger partial charge in [-0.1, -0.05) is 6.92 Å². The highest BCUT2D eigenvalue weighted by atomic mass is 15.4. The molecule has 1 unspecified atom stereocenters. The van der Waals surface area contributed by atoms with E-state index in [-0.39, 0.29) is 0 Å². The fraction of sp³-hybridized carbons (Fsp3) is 1.00. The van der Waals surface area contributed by atoms with Crippen molar-refractivity contribution in [2.75, 3.05) is 26.3 Å². The van der Waals surface area contributed by atoms with Crippen molar-refractivity contribution < 1.29 is 0 Å². The van der Waals surface area contributed by atoms with Gasteiger partial charge in [-0.3, -0.25) is 9.80 Å². The first kappa shape index (κ1) is 6.62. The zero-order valence-corrected chi connectivity index (χ0v) is 6.71. The molecule has 10 heavy (non-hydrogen) atoms. The Bertz CT molecular complexity index is 112. The van der Waals surface area contributed by atoms with Crippen LogP contribution in [0.25, 0.3) is 0 Å². The molecule has 0 N–H and O–H groups in total. The molecule has 2 nitrogen and oxygen atoms in total. The molecule has 2 heteroatoms. The van der Waals surface area contributed by atoms with Crippen molar-refractivity contribution in [3.8, 4) is 0 Å². The predicted molar refractivity (Wildman–Crippen MR) is 41.8 cm³/mol. The molecule has 58 valence electrons. The summed E-state index contributed by atoms with van der Waals surface area (Å²) >= 11 is 0. The predicted octanol–water partition coefficient (Wildman–Crippen LogP) is 0.744. The Balaban J connectivity index is 1.94. The smallest absolute Gasteiger partial charge is 0.0509 e. The molecular weight excluding hydrogens is 124 g/mol. The van der Waals surface area contributed by atoms with E-state index in [1.54, 1.807) is 0 Å². The van der Waals surface area contributed by atoms with Crippen molar-refractivity contribution in [1.29, 1.82) is 0 Å². The number of rotatable bonds is 1. The third kappa shape index (κ3) is 0.956. The van der Waals surface area contributed by atoms with Crippen molar-refractivity contribution in [3.05, 3.63) is 0 Å². The fourth-order valence-electron chi connectivity index (χ4n) is 2.13. The van der Waals surface area contributed by atoms with Gasteiger partial charge in [0.05, 0.1) is 6.67 Å². The first-order valence-electron chi connectivity index (χ1n) is 4.36. The van der Waals surface area contributed by atoms with E-state index in [1.165, 1.54) is 39.1 Å². The van der Waals surface area contributed by atoms with E-state index in [0.717, 1.165) is 6.04 Å². The molecule has 1 atom stereocenters. The Kier molecular flexibility index (Phi) is 1.66. The highest BCUT2D eigenvalue weighted by molar-refractivity contribution is 4.86. The molecule has 2 aliphatic rings. The highest BCUT2D eigenvalue weighted by Gasteiger charge is 2.32. The largest absolute Gasteiger partial charge is 0.289 e. The zero-order chi connectivity index (χ0) is 6.97. The Labute approximate surface area is 62.8 Å². The first-order chi connectivity index (χ1) is 4.90. The molecular formula is C8H16N2. The van der Waals surface area contributed by atoms with Crippen LogP contribution < -0.4 is 0 Å². The Morgan fingerprint density at radius 1 is 1.50 bits per heavy atom. The molecule has 0 spiro atoms. The van der Waals surface area contributed by atoms with Crippen LogP contribution in [0.3, 0.4) is 0 Å². The van der Waals surface area contributed by atoms with E-state index in [0.29, 0.717) is 0 Å². The minimum Gasteiger partial charge on any atom is -0.289 e. The van der Waals surface area contributed by atoms with Crippen LogP contribution in [0, 0.1) is 0 Å². The van der Waals surface area contributed by atoms with E-state index >= 15 is 0 Å². The zero-order valence-electron chi connectivity index (χ0n) is 6.71. The second kappa shape index (κ2) is 2.51. The molecule has 2 aliphatic heterocycles. The minimum atomic E-state index is 0.917. The lowest BCUT2D eigenvalue weighted by Gasteiger charge is -2.13. The summed E-state index contributed by atoms with van der Waals surface area (Å²) in [5.74, 6) is 0. The molecule has 0 aromatic carbocycles. The summed E-state index contributed by atoms with van der Waals surface area (Å²) in [5.41, 5.74) is 0. The Morgan fingerprint density at radius 3 is 3.10 bits per heavy atom. The maximum Gasteiger partial charge on any atom is 0.0509 e. The van der Waals surface area contributed by atoms with Crippen LogP contribution in [0.1, 0.15) is 19.8 Å². The van der Waals surface area contributed by atoms with Gasteiger partial charge in [0.2, 0.25) is 0 Å². The van der Waals surface area contributed by atoms with Crippen LogP contribution in [-0.2, 0) is 0 Å². The molecule has 0 radical (unpaired) electrons. The third-order valence-electron chi connectivity index (χ3n) is 2.80. The average Bonchev–Trinajstić information content (AvgIpc) is 2.42. The van der Waals surface area contributed by atoms with Gasteiger partial charge in [-0.25, -0.2) is 0 Å². The molecule has 2 rings (SSSR count). The number of nitrogens with zero attached hydrogens (tertiary/aromatic N) is 2. The molecule has 2 saturated heterocycles. The number of likely N-dealkylation sites (N-methyl/N-ethyl adjacent to an activating group) is 1. The summed E-state index contributed by atoms with van der Waals surface area (Å²) in [7, 11) is 0. The molecule has 0 amide bonds. The summed E-state index contributed by atoms with van der Waals surface area (Å²) in [6.45, 7) is 7.40. The van der Waals surface area contributed by atoms with Crippen LogP contribution in [0.15, 0.2) is 0 Å². The lowest BCUT2D eigenvalue weighted by Crippen LogP contribution is -2.25. The minimum absolute atomic E-state index is 0.917. The molecule has 0 bridgehead atoms. The fourth-order valence-corrected chi connectivity index (χ4v) is 2.13. The van der Waals surface area contributed by atoms with Gasteiger partial charge in [0.15, 0.2) is 0 Å². The van der Waals surface area contributed by atoms with Crippen LogP contribution in [0.4, 0.5) is 0 Å². The van der Waals surface area contributed by atoms with E-state index < -0.39 is 0 Å². The quantitative estimate of drug-likeness (QED) is 0.530. The molecule has 2 fully saturated rings. The number of fused-ring (bicyclic) bond motifs is 1. The molecule has 2 heterocycles. The van der Waals surface area contributed by atoms with Gasteiger partial charge in [0.25, 0.3) is 0 Å². The summed E-state index contributed by atoms with van der Waals surface area (Å²) in [6, 6.07) is 0.917. The lowest BCUT2D eigenvalue weighted by atomic mass is 10.2. The third-order valence-corrected chi connectivity index (χ3v) is 2.80. The topological polar surface area (TPSA) is 6.48 Å². The molecule has 0 aromatic heterocycles. The average molecular weight is 140 g/mol. The van der Waals surface area contributed by atoms with Gasteiger partial charge in [0.1, 0.15) is 0 Å². The van der Waals surface area contributed by atoms with E-state index in [9.17, 15) is 0 Å². The van der Waals surface area contributed by atoms with Crippen molar-refractivity contribution in [2.24, 2.45) is 0 Å². The molecule has 0 aromatic rings.